The Hall–Kier alpha value is -3.35. The summed E-state index contributed by atoms with van der Waals surface area (Å²) in [7, 11) is 1.47. The second-order valence-corrected chi connectivity index (χ2v) is 8.39. The molecule has 2 rings (SSSR count). The van der Waals surface area contributed by atoms with E-state index >= 15 is 0 Å². The fourth-order valence-electron chi connectivity index (χ4n) is 2.63. The molecule has 166 valence electrons. The van der Waals surface area contributed by atoms with Gasteiger partial charge in [-0.25, -0.2) is 4.79 Å². The predicted molar refractivity (Wildman–Crippen MR) is 119 cm³/mol. The van der Waals surface area contributed by atoms with E-state index in [2.05, 4.69) is 26.1 Å². The minimum Gasteiger partial charge on any atom is -0.482 e. The molecule has 0 aliphatic rings. The van der Waals surface area contributed by atoms with E-state index in [1.165, 1.54) is 11.9 Å². The highest BCUT2D eigenvalue weighted by Gasteiger charge is 2.16. The van der Waals surface area contributed by atoms with E-state index in [-0.39, 0.29) is 24.5 Å². The van der Waals surface area contributed by atoms with Crippen LogP contribution in [0.4, 0.5) is 5.69 Å². The highest BCUT2D eigenvalue weighted by molar-refractivity contribution is 5.94. The molecule has 0 spiro atoms. The molecule has 7 nitrogen and oxygen atoms in total. The Bertz CT molecular complexity index is 899. The number of nitrogens with one attached hydrogen (secondary N) is 1. The lowest BCUT2D eigenvalue weighted by Gasteiger charge is -2.19. The van der Waals surface area contributed by atoms with Crippen molar-refractivity contribution in [3.63, 3.8) is 0 Å². The molecule has 2 amide bonds. The van der Waals surface area contributed by atoms with Crippen LogP contribution in [0.15, 0.2) is 48.5 Å². The van der Waals surface area contributed by atoms with Crippen LogP contribution in [0.2, 0.25) is 0 Å². The van der Waals surface area contributed by atoms with E-state index in [0.29, 0.717) is 11.4 Å². The number of carbonyl (C=O) groups excluding carboxylic acids is 3. The molecular weight excluding hydrogens is 396 g/mol. The third-order valence-corrected chi connectivity index (χ3v) is 4.58. The summed E-state index contributed by atoms with van der Waals surface area (Å²) >= 11 is 0. The Labute approximate surface area is 183 Å². The summed E-state index contributed by atoms with van der Waals surface area (Å²) in [6.07, 6.45) is 0. The number of hydrogen-bond donors (Lipinski definition) is 1. The quantitative estimate of drug-likeness (QED) is 0.655. The van der Waals surface area contributed by atoms with Crippen LogP contribution in [-0.4, -0.2) is 49.5 Å². The summed E-state index contributed by atoms with van der Waals surface area (Å²) < 4.78 is 10.4. The van der Waals surface area contributed by atoms with Gasteiger partial charge >= 0.3 is 5.97 Å². The van der Waals surface area contributed by atoms with Crippen LogP contribution in [0.25, 0.3) is 0 Å². The van der Waals surface area contributed by atoms with Gasteiger partial charge in [0.25, 0.3) is 5.91 Å². The lowest BCUT2D eigenvalue weighted by atomic mass is 9.87. The maximum atomic E-state index is 12.1. The number of anilines is 1. The topological polar surface area (TPSA) is 84.9 Å². The second-order valence-electron chi connectivity index (χ2n) is 8.39. The van der Waals surface area contributed by atoms with Crippen molar-refractivity contribution in [3.05, 3.63) is 59.7 Å². The van der Waals surface area contributed by atoms with Crippen LogP contribution in [0.1, 0.15) is 31.9 Å². The minimum absolute atomic E-state index is 0.0287. The van der Waals surface area contributed by atoms with Crippen molar-refractivity contribution < 1.29 is 23.9 Å². The lowest BCUT2D eigenvalue weighted by Crippen LogP contribution is -2.37. The molecule has 7 heteroatoms. The summed E-state index contributed by atoms with van der Waals surface area (Å²) in [5.74, 6) is -0.943. The van der Waals surface area contributed by atoms with Crippen molar-refractivity contribution in [1.29, 1.82) is 0 Å². The first-order chi connectivity index (χ1) is 14.5. The van der Waals surface area contributed by atoms with E-state index in [0.717, 1.165) is 11.1 Å². The van der Waals surface area contributed by atoms with E-state index in [1.807, 2.05) is 31.2 Å². The largest absolute Gasteiger partial charge is 0.482 e. The van der Waals surface area contributed by atoms with Gasteiger partial charge in [-0.15, -0.1) is 0 Å². The van der Waals surface area contributed by atoms with Crippen molar-refractivity contribution in [2.75, 3.05) is 32.1 Å². The van der Waals surface area contributed by atoms with Crippen molar-refractivity contribution in [3.8, 4) is 5.75 Å². The number of carbonyl (C=O) groups is 3. The molecular formula is C24H30N2O5. The molecule has 0 aliphatic carbocycles. The SMILES string of the molecule is Cc1ccc(NC(=O)CN(C)C(=O)COC(=O)COc2ccc(C(C)(C)C)cc2)cc1. The number of esters is 1. The van der Waals surface area contributed by atoms with Crippen LogP contribution < -0.4 is 10.1 Å². The first-order valence-corrected chi connectivity index (χ1v) is 10.0. The van der Waals surface area contributed by atoms with Gasteiger partial charge in [0.05, 0.1) is 6.54 Å². The van der Waals surface area contributed by atoms with Gasteiger partial charge in [0.2, 0.25) is 5.91 Å². The molecule has 0 saturated carbocycles. The molecule has 31 heavy (non-hydrogen) atoms. The normalized spacial score (nSPS) is 10.9. The van der Waals surface area contributed by atoms with Crippen molar-refractivity contribution >= 4 is 23.5 Å². The van der Waals surface area contributed by atoms with Gasteiger partial charge in [-0.1, -0.05) is 50.6 Å². The molecule has 0 atom stereocenters. The number of amides is 2. The van der Waals surface area contributed by atoms with Crippen LogP contribution in [-0.2, 0) is 24.5 Å². The summed E-state index contributed by atoms with van der Waals surface area (Å²) in [6.45, 7) is 7.37. The van der Waals surface area contributed by atoms with Crippen molar-refractivity contribution in [2.45, 2.75) is 33.1 Å². The number of hydrogen-bond acceptors (Lipinski definition) is 5. The maximum Gasteiger partial charge on any atom is 0.344 e. The molecule has 0 radical (unpaired) electrons. The minimum atomic E-state index is -0.661. The summed E-state index contributed by atoms with van der Waals surface area (Å²) in [6, 6.07) is 14.8. The molecule has 2 aromatic rings. The third kappa shape index (κ3) is 8.12. The Balaban J connectivity index is 1.71. The molecule has 0 heterocycles. The molecule has 0 aromatic heterocycles. The summed E-state index contributed by atoms with van der Waals surface area (Å²) in [5.41, 5.74) is 2.91. The average Bonchev–Trinajstić information content (AvgIpc) is 2.71. The molecule has 1 N–H and O–H groups in total. The zero-order chi connectivity index (χ0) is 23.0. The standard InChI is InChI=1S/C24H30N2O5/c1-17-6-10-19(11-7-17)25-21(27)14-26(5)22(28)15-31-23(29)16-30-20-12-8-18(9-13-20)24(2,3)4/h6-13H,14-16H2,1-5H3,(H,25,27). The number of nitrogens with zero attached hydrogens (tertiary/aromatic N) is 1. The average molecular weight is 427 g/mol. The van der Waals surface area contributed by atoms with Gasteiger partial charge in [0, 0.05) is 12.7 Å². The Kier molecular flexibility index (Phi) is 8.19. The van der Waals surface area contributed by atoms with E-state index in [9.17, 15) is 14.4 Å². The highest BCUT2D eigenvalue weighted by Crippen LogP contribution is 2.24. The monoisotopic (exact) mass is 426 g/mol. The van der Waals surface area contributed by atoms with Crippen LogP contribution in [0.5, 0.6) is 5.75 Å². The van der Waals surface area contributed by atoms with Crippen LogP contribution in [0.3, 0.4) is 0 Å². The Morgan fingerprint density at radius 3 is 2.13 bits per heavy atom. The smallest absolute Gasteiger partial charge is 0.344 e. The first-order valence-electron chi connectivity index (χ1n) is 10.0. The van der Waals surface area contributed by atoms with Crippen LogP contribution >= 0.6 is 0 Å². The van der Waals surface area contributed by atoms with Gasteiger partial charge in [-0.3, -0.25) is 9.59 Å². The first kappa shape index (κ1) is 23.9. The van der Waals surface area contributed by atoms with E-state index in [4.69, 9.17) is 9.47 Å². The van der Waals surface area contributed by atoms with Gasteiger partial charge in [0.1, 0.15) is 5.75 Å². The zero-order valence-electron chi connectivity index (χ0n) is 18.7. The summed E-state index contributed by atoms with van der Waals surface area (Å²) in [4.78, 5) is 37.2. The highest BCUT2D eigenvalue weighted by atomic mass is 16.6. The number of likely N-dealkylation sites (N-methyl/N-ethyl adjacent to an activating group) is 1. The van der Waals surface area contributed by atoms with Gasteiger partial charge in [0.15, 0.2) is 13.2 Å². The van der Waals surface area contributed by atoms with E-state index in [1.54, 1.807) is 24.3 Å². The summed E-state index contributed by atoms with van der Waals surface area (Å²) in [5, 5.41) is 2.71. The van der Waals surface area contributed by atoms with Crippen LogP contribution in [0, 0.1) is 6.92 Å². The van der Waals surface area contributed by atoms with Crippen molar-refractivity contribution in [2.24, 2.45) is 0 Å². The van der Waals surface area contributed by atoms with Gasteiger partial charge in [-0.05, 0) is 42.2 Å². The zero-order valence-corrected chi connectivity index (χ0v) is 18.7. The number of aryl methyl sites for hydroxylation is 1. The maximum absolute atomic E-state index is 12.1. The predicted octanol–water partition coefficient (Wildman–Crippen LogP) is 3.31. The fraction of sp³-hybridized carbons (Fsp3) is 0.375. The number of benzene rings is 2. The van der Waals surface area contributed by atoms with Gasteiger partial charge in [-0.2, -0.15) is 0 Å². The van der Waals surface area contributed by atoms with E-state index < -0.39 is 18.5 Å². The number of ether oxygens (including phenoxy) is 2. The Morgan fingerprint density at radius 1 is 0.935 bits per heavy atom. The number of rotatable bonds is 8. The molecule has 0 aliphatic heterocycles. The third-order valence-electron chi connectivity index (χ3n) is 4.58. The van der Waals surface area contributed by atoms with Gasteiger partial charge < -0.3 is 19.7 Å². The molecule has 0 bridgehead atoms. The Morgan fingerprint density at radius 2 is 1.55 bits per heavy atom. The molecule has 2 aromatic carbocycles. The molecule has 0 unspecified atom stereocenters. The molecule has 0 fully saturated rings. The molecule has 0 saturated heterocycles. The lowest BCUT2D eigenvalue weighted by molar-refractivity contribution is -0.153. The fourth-order valence-corrected chi connectivity index (χ4v) is 2.63. The van der Waals surface area contributed by atoms with Crippen molar-refractivity contribution in [1.82, 2.24) is 4.90 Å². The second kappa shape index (κ2) is 10.6.